The van der Waals surface area contributed by atoms with Crippen molar-refractivity contribution in [1.82, 2.24) is 0 Å². The fourth-order valence-electron chi connectivity index (χ4n) is 3.31. The van der Waals surface area contributed by atoms with E-state index < -0.39 is 10.0 Å². The number of anilines is 2. The Morgan fingerprint density at radius 1 is 1.27 bits per heavy atom. The number of pyridine rings is 1. The second kappa shape index (κ2) is 7.33. The SMILES string of the molecule is CCN(c1ccccc1)S(=O)(=O)c1ccc(N2CCC[C@@H]2C(N)=O)[nH+]c1. The number of aromatic amines is 1. The standard InChI is InChI=1S/C18H22N4O3S/c1-2-22(14-7-4-3-5-8-14)26(24,25)15-10-11-17(20-13-15)21-12-6-9-16(21)18(19)23/h3-5,7-8,10-11,13,16H,2,6,9,12H2,1H3,(H2,19,23)/p+1/t16-/m1/s1. The molecule has 0 bridgehead atoms. The molecule has 0 spiro atoms. The zero-order valence-corrected chi connectivity index (χ0v) is 15.4. The van der Waals surface area contributed by atoms with Gasteiger partial charge in [0.2, 0.25) is 0 Å². The van der Waals surface area contributed by atoms with Crippen molar-refractivity contribution in [2.75, 3.05) is 22.3 Å². The Labute approximate surface area is 153 Å². The van der Waals surface area contributed by atoms with E-state index in [2.05, 4.69) is 4.98 Å². The molecule has 8 heteroatoms. The van der Waals surface area contributed by atoms with Gasteiger partial charge in [-0.25, -0.2) is 18.3 Å². The maximum absolute atomic E-state index is 13.0. The number of benzene rings is 1. The lowest BCUT2D eigenvalue weighted by Gasteiger charge is -2.22. The second-order valence-corrected chi connectivity index (χ2v) is 8.03. The molecular formula is C18H23N4O3S+. The molecule has 1 aliphatic rings. The number of hydrogen-bond acceptors (Lipinski definition) is 4. The number of carbonyl (C=O) groups is 1. The molecular weight excluding hydrogens is 352 g/mol. The van der Waals surface area contributed by atoms with Gasteiger partial charge in [-0.3, -0.25) is 9.10 Å². The first kappa shape index (κ1) is 18.2. The highest BCUT2D eigenvalue weighted by Crippen LogP contribution is 2.25. The average Bonchev–Trinajstić information content (AvgIpc) is 3.13. The smallest absolute Gasteiger partial charge is 0.275 e. The Bertz CT molecular complexity index is 869. The number of aromatic nitrogens is 1. The first-order valence-corrected chi connectivity index (χ1v) is 10.0. The molecule has 1 aromatic heterocycles. The number of sulfonamides is 1. The highest BCUT2D eigenvalue weighted by atomic mass is 32.2. The van der Waals surface area contributed by atoms with E-state index in [9.17, 15) is 13.2 Å². The lowest BCUT2D eigenvalue weighted by atomic mass is 10.2. The van der Waals surface area contributed by atoms with Crippen LogP contribution in [0, 0.1) is 0 Å². The van der Waals surface area contributed by atoms with Crippen molar-refractivity contribution in [3.8, 4) is 0 Å². The summed E-state index contributed by atoms with van der Waals surface area (Å²) in [5.74, 6) is 0.321. The van der Waals surface area contributed by atoms with Gasteiger partial charge < -0.3 is 5.73 Å². The summed E-state index contributed by atoms with van der Waals surface area (Å²) >= 11 is 0. The van der Waals surface area contributed by atoms with Gasteiger partial charge in [0.1, 0.15) is 11.1 Å². The predicted molar refractivity (Wildman–Crippen MR) is 99.2 cm³/mol. The van der Waals surface area contributed by atoms with E-state index in [4.69, 9.17) is 5.73 Å². The van der Waals surface area contributed by atoms with Crippen molar-refractivity contribution in [3.05, 3.63) is 48.7 Å². The average molecular weight is 375 g/mol. The summed E-state index contributed by atoms with van der Waals surface area (Å²) in [6.07, 6.45) is 3.05. The molecule has 1 amide bonds. The normalized spacial score (nSPS) is 17.3. The van der Waals surface area contributed by atoms with Crippen LogP contribution in [-0.2, 0) is 14.8 Å². The summed E-state index contributed by atoms with van der Waals surface area (Å²) in [7, 11) is -3.68. The molecule has 0 aliphatic carbocycles. The van der Waals surface area contributed by atoms with Crippen molar-refractivity contribution < 1.29 is 18.2 Å². The van der Waals surface area contributed by atoms with Crippen molar-refractivity contribution >= 4 is 27.4 Å². The fourth-order valence-corrected chi connectivity index (χ4v) is 4.75. The zero-order chi connectivity index (χ0) is 18.7. The highest BCUT2D eigenvalue weighted by Gasteiger charge is 2.36. The number of primary amides is 1. The van der Waals surface area contributed by atoms with Gasteiger partial charge in [-0.1, -0.05) is 18.2 Å². The van der Waals surface area contributed by atoms with Crippen LogP contribution in [0.2, 0.25) is 0 Å². The molecule has 1 aromatic carbocycles. The molecule has 2 heterocycles. The number of hydrogen-bond donors (Lipinski definition) is 1. The summed E-state index contributed by atoms with van der Waals surface area (Å²) in [4.78, 5) is 16.6. The highest BCUT2D eigenvalue weighted by molar-refractivity contribution is 7.92. The van der Waals surface area contributed by atoms with Crippen molar-refractivity contribution in [2.45, 2.75) is 30.7 Å². The number of H-pyrrole nitrogens is 1. The fraction of sp³-hybridized carbons (Fsp3) is 0.333. The van der Waals surface area contributed by atoms with Crippen LogP contribution in [0.25, 0.3) is 0 Å². The third-order valence-corrected chi connectivity index (χ3v) is 6.48. The molecule has 0 unspecified atom stereocenters. The molecule has 3 rings (SSSR count). The van der Waals surface area contributed by atoms with Crippen LogP contribution >= 0.6 is 0 Å². The van der Waals surface area contributed by atoms with Crippen LogP contribution in [-0.4, -0.2) is 33.5 Å². The molecule has 1 aliphatic heterocycles. The molecule has 1 atom stereocenters. The van der Waals surface area contributed by atoms with E-state index in [-0.39, 0.29) is 16.8 Å². The Morgan fingerprint density at radius 2 is 2.00 bits per heavy atom. The largest absolute Gasteiger partial charge is 0.366 e. The van der Waals surface area contributed by atoms with Crippen molar-refractivity contribution in [3.63, 3.8) is 0 Å². The lowest BCUT2D eigenvalue weighted by molar-refractivity contribution is -0.367. The minimum absolute atomic E-state index is 0.168. The molecule has 0 radical (unpaired) electrons. The van der Waals surface area contributed by atoms with Crippen LogP contribution in [0.15, 0.2) is 53.6 Å². The van der Waals surface area contributed by atoms with Gasteiger partial charge in [0.15, 0.2) is 6.04 Å². The molecule has 0 saturated carbocycles. The van der Waals surface area contributed by atoms with Gasteiger partial charge in [-0.05, 0) is 31.5 Å². The predicted octanol–water partition coefficient (Wildman–Crippen LogP) is 1.17. The number of rotatable bonds is 6. The van der Waals surface area contributed by atoms with E-state index in [1.807, 2.05) is 11.0 Å². The van der Waals surface area contributed by atoms with Crippen molar-refractivity contribution in [1.29, 1.82) is 0 Å². The summed E-state index contributed by atoms with van der Waals surface area (Å²) in [5, 5.41) is 0. The summed E-state index contributed by atoms with van der Waals surface area (Å²) in [5.41, 5.74) is 6.07. The minimum atomic E-state index is -3.68. The van der Waals surface area contributed by atoms with Crippen LogP contribution in [0.4, 0.5) is 11.5 Å². The monoisotopic (exact) mass is 375 g/mol. The summed E-state index contributed by atoms with van der Waals surface area (Å²) in [6.45, 7) is 2.83. The molecule has 3 N–H and O–H groups in total. The second-order valence-electron chi connectivity index (χ2n) is 6.17. The summed E-state index contributed by atoms with van der Waals surface area (Å²) < 4.78 is 27.3. The number of para-hydroxylation sites is 1. The molecule has 138 valence electrons. The van der Waals surface area contributed by atoms with E-state index in [0.29, 0.717) is 31.0 Å². The van der Waals surface area contributed by atoms with E-state index in [1.165, 1.54) is 10.5 Å². The van der Waals surface area contributed by atoms with Crippen LogP contribution < -0.4 is 19.9 Å². The number of carbonyl (C=O) groups excluding carboxylic acids is 1. The van der Waals surface area contributed by atoms with Gasteiger partial charge >= 0.3 is 0 Å². The number of nitrogens with two attached hydrogens (primary N) is 1. The number of amides is 1. The quantitative estimate of drug-likeness (QED) is 0.819. The zero-order valence-electron chi connectivity index (χ0n) is 14.6. The van der Waals surface area contributed by atoms with E-state index in [0.717, 1.165) is 6.42 Å². The topological polar surface area (TPSA) is 97.9 Å². The van der Waals surface area contributed by atoms with Crippen LogP contribution in [0.1, 0.15) is 19.8 Å². The Morgan fingerprint density at radius 3 is 2.58 bits per heavy atom. The van der Waals surface area contributed by atoms with E-state index in [1.54, 1.807) is 43.3 Å². The summed E-state index contributed by atoms with van der Waals surface area (Å²) in [6, 6.07) is 11.9. The van der Waals surface area contributed by atoms with Crippen LogP contribution in [0.5, 0.6) is 0 Å². The van der Waals surface area contributed by atoms with Gasteiger partial charge in [0.25, 0.3) is 21.7 Å². The van der Waals surface area contributed by atoms with Crippen molar-refractivity contribution in [2.24, 2.45) is 5.73 Å². The molecule has 2 aromatic rings. The number of nitrogens with zero attached hydrogens (tertiary/aromatic N) is 2. The lowest BCUT2D eigenvalue weighted by Crippen LogP contribution is -2.42. The maximum atomic E-state index is 13.0. The van der Waals surface area contributed by atoms with Gasteiger partial charge in [0, 0.05) is 19.0 Å². The van der Waals surface area contributed by atoms with Gasteiger partial charge in [0.05, 0.1) is 12.2 Å². The third-order valence-electron chi connectivity index (χ3n) is 4.58. The minimum Gasteiger partial charge on any atom is -0.366 e. The Hall–Kier alpha value is -2.61. The third kappa shape index (κ3) is 3.37. The number of nitrogens with one attached hydrogen (secondary N) is 1. The van der Waals surface area contributed by atoms with Crippen LogP contribution in [0.3, 0.4) is 0 Å². The molecule has 26 heavy (non-hydrogen) atoms. The maximum Gasteiger partial charge on any atom is 0.275 e. The Balaban J connectivity index is 1.89. The molecule has 1 saturated heterocycles. The Kier molecular flexibility index (Phi) is 5.13. The first-order chi connectivity index (χ1) is 12.4. The first-order valence-electron chi connectivity index (χ1n) is 8.60. The van der Waals surface area contributed by atoms with Gasteiger partial charge in [-0.2, -0.15) is 0 Å². The van der Waals surface area contributed by atoms with E-state index >= 15 is 0 Å². The molecule has 1 fully saturated rings. The van der Waals surface area contributed by atoms with Gasteiger partial charge in [-0.15, -0.1) is 0 Å². The molecule has 7 nitrogen and oxygen atoms in total.